The fourth-order valence-electron chi connectivity index (χ4n) is 4.88. The van der Waals surface area contributed by atoms with E-state index in [0.29, 0.717) is 18.3 Å². The summed E-state index contributed by atoms with van der Waals surface area (Å²) in [5.74, 6) is 2.03. The Hall–Kier alpha value is -1.86. The van der Waals surface area contributed by atoms with Crippen LogP contribution in [0.5, 0.6) is 0 Å². The van der Waals surface area contributed by atoms with E-state index >= 15 is 0 Å². The SMILES string of the molecule is C[N+](C)(CCCSc1ccc(Cl)cc1)Cc1nnc(C(O)(c2ccccc2)C2CCCCC2)o1. The molecule has 1 aliphatic rings. The summed E-state index contributed by atoms with van der Waals surface area (Å²) < 4.78 is 6.92. The van der Waals surface area contributed by atoms with E-state index in [9.17, 15) is 5.11 Å². The van der Waals surface area contributed by atoms with Crippen molar-refractivity contribution >= 4 is 23.4 Å². The molecule has 2 aromatic carbocycles. The lowest BCUT2D eigenvalue weighted by Crippen LogP contribution is -2.40. The first-order valence-corrected chi connectivity index (χ1v) is 13.5. The number of thioether (sulfide) groups is 1. The first-order valence-electron chi connectivity index (χ1n) is 12.2. The van der Waals surface area contributed by atoms with Gasteiger partial charge in [-0.1, -0.05) is 61.2 Å². The Balaban J connectivity index is 1.40. The molecule has 1 aliphatic carbocycles. The Morgan fingerprint density at radius 3 is 2.44 bits per heavy atom. The van der Waals surface area contributed by atoms with E-state index in [1.807, 2.05) is 54.2 Å². The van der Waals surface area contributed by atoms with Gasteiger partial charge in [-0.05, 0) is 42.7 Å². The van der Waals surface area contributed by atoms with Gasteiger partial charge in [0.2, 0.25) is 0 Å². The van der Waals surface area contributed by atoms with Crippen molar-refractivity contribution in [3.63, 3.8) is 0 Å². The summed E-state index contributed by atoms with van der Waals surface area (Å²) in [6.45, 7) is 1.62. The van der Waals surface area contributed by atoms with Gasteiger partial charge >= 0.3 is 0 Å². The lowest BCUT2D eigenvalue weighted by Gasteiger charge is -2.36. The Morgan fingerprint density at radius 1 is 1.03 bits per heavy atom. The molecule has 1 N–H and O–H groups in total. The van der Waals surface area contributed by atoms with Crippen molar-refractivity contribution in [2.75, 3.05) is 26.4 Å². The van der Waals surface area contributed by atoms with E-state index in [0.717, 1.165) is 59.5 Å². The minimum absolute atomic E-state index is 0.0874. The van der Waals surface area contributed by atoms with Crippen LogP contribution >= 0.6 is 23.4 Å². The summed E-state index contributed by atoms with van der Waals surface area (Å²) in [6.07, 6.45) is 6.47. The Kier molecular flexibility index (Phi) is 8.35. The fourth-order valence-corrected chi connectivity index (χ4v) is 5.84. The van der Waals surface area contributed by atoms with Crippen LogP contribution in [0.15, 0.2) is 63.9 Å². The van der Waals surface area contributed by atoms with E-state index < -0.39 is 5.60 Å². The number of aromatic nitrogens is 2. The molecule has 0 bridgehead atoms. The highest BCUT2D eigenvalue weighted by Gasteiger charge is 2.45. The first-order chi connectivity index (χ1) is 16.4. The second-order valence-corrected chi connectivity index (χ2v) is 11.5. The second-order valence-electron chi connectivity index (χ2n) is 9.94. The van der Waals surface area contributed by atoms with E-state index in [1.165, 1.54) is 11.3 Å². The van der Waals surface area contributed by atoms with Crippen LogP contribution in [0.25, 0.3) is 0 Å². The van der Waals surface area contributed by atoms with Gasteiger partial charge < -0.3 is 14.0 Å². The van der Waals surface area contributed by atoms with Gasteiger partial charge in [-0.25, -0.2) is 0 Å². The minimum atomic E-state index is -1.24. The zero-order valence-electron chi connectivity index (χ0n) is 20.1. The normalized spacial score (nSPS) is 16.9. The quantitative estimate of drug-likeness (QED) is 0.201. The molecule has 1 aromatic heterocycles. The van der Waals surface area contributed by atoms with Crippen LogP contribution in [-0.2, 0) is 12.1 Å². The molecule has 0 radical (unpaired) electrons. The molecule has 7 heteroatoms. The van der Waals surface area contributed by atoms with Crippen LogP contribution in [0.1, 0.15) is 55.9 Å². The zero-order valence-corrected chi connectivity index (χ0v) is 21.7. The summed E-state index contributed by atoms with van der Waals surface area (Å²) in [6, 6.07) is 17.8. The average molecular weight is 501 g/mol. The molecule has 0 spiro atoms. The maximum atomic E-state index is 12.0. The lowest BCUT2D eigenvalue weighted by atomic mass is 9.73. The maximum absolute atomic E-state index is 12.0. The molecule has 1 fully saturated rings. The van der Waals surface area contributed by atoms with Gasteiger partial charge in [0.1, 0.15) is 0 Å². The van der Waals surface area contributed by atoms with Crippen molar-refractivity contribution in [1.82, 2.24) is 10.2 Å². The third-order valence-electron chi connectivity index (χ3n) is 6.76. The van der Waals surface area contributed by atoms with Gasteiger partial charge in [-0.2, -0.15) is 0 Å². The smallest absolute Gasteiger partial charge is 0.271 e. The van der Waals surface area contributed by atoms with Gasteiger partial charge in [-0.3, -0.25) is 0 Å². The predicted molar refractivity (Wildman–Crippen MR) is 138 cm³/mol. The number of rotatable bonds is 10. The standard InChI is InChI=1S/C27H35ClN3O2S/c1-31(2,18-9-19-34-24-16-14-23(28)15-17-24)20-25-29-30-26(33-25)27(32,21-10-5-3-6-11-21)22-12-7-4-8-13-22/h3,5-6,10-11,14-17,22,32H,4,7-9,12-13,18-20H2,1-2H3/q+1. The largest absolute Gasteiger partial charge is 0.416 e. The van der Waals surface area contributed by atoms with Crippen molar-refractivity contribution in [3.8, 4) is 0 Å². The maximum Gasteiger partial charge on any atom is 0.271 e. The number of halogens is 1. The van der Waals surface area contributed by atoms with Crippen molar-refractivity contribution in [2.45, 2.75) is 55.6 Å². The molecule has 1 saturated carbocycles. The second kappa shape index (κ2) is 11.3. The summed E-state index contributed by atoms with van der Waals surface area (Å²) in [7, 11) is 4.36. The summed E-state index contributed by atoms with van der Waals surface area (Å²) in [5.41, 5.74) is -0.399. The van der Waals surface area contributed by atoms with Gasteiger partial charge in [0.15, 0.2) is 12.1 Å². The highest BCUT2D eigenvalue weighted by atomic mass is 35.5. The third kappa shape index (κ3) is 6.22. The zero-order chi connectivity index (χ0) is 24.0. The number of hydrogen-bond donors (Lipinski definition) is 1. The molecule has 0 saturated heterocycles. The molecule has 0 aliphatic heterocycles. The molecule has 5 nitrogen and oxygen atoms in total. The molecule has 1 unspecified atom stereocenters. The minimum Gasteiger partial charge on any atom is -0.416 e. The van der Waals surface area contributed by atoms with Crippen LogP contribution < -0.4 is 0 Å². The summed E-state index contributed by atoms with van der Waals surface area (Å²) in [5, 5.41) is 21.5. The molecule has 4 rings (SSSR count). The monoisotopic (exact) mass is 500 g/mol. The van der Waals surface area contributed by atoms with Gasteiger partial charge in [0, 0.05) is 28.0 Å². The Bertz CT molecular complexity index is 1040. The van der Waals surface area contributed by atoms with Gasteiger partial charge in [0.25, 0.3) is 11.8 Å². The lowest BCUT2D eigenvalue weighted by molar-refractivity contribution is -0.904. The topological polar surface area (TPSA) is 59.2 Å². The fraction of sp³-hybridized carbons (Fsp3) is 0.481. The van der Waals surface area contributed by atoms with E-state index in [2.05, 4.69) is 36.4 Å². The first kappa shape index (κ1) is 25.2. The average Bonchev–Trinajstić information content (AvgIpc) is 3.32. The van der Waals surface area contributed by atoms with Crippen LogP contribution in [0.2, 0.25) is 5.02 Å². The molecule has 1 heterocycles. The van der Waals surface area contributed by atoms with Crippen LogP contribution in [0, 0.1) is 5.92 Å². The molecule has 34 heavy (non-hydrogen) atoms. The van der Waals surface area contributed by atoms with E-state index in [-0.39, 0.29) is 5.92 Å². The van der Waals surface area contributed by atoms with Crippen molar-refractivity contribution in [2.24, 2.45) is 5.92 Å². The number of quaternary nitrogens is 1. The van der Waals surface area contributed by atoms with Crippen molar-refractivity contribution in [3.05, 3.63) is 77.0 Å². The molecule has 3 aromatic rings. The predicted octanol–water partition coefficient (Wildman–Crippen LogP) is 6.30. The van der Waals surface area contributed by atoms with E-state index in [4.69, 9.17) is 16.0 Å². The molecular weight excluding hydrogens is 466 g/mol. The Labute approximate surface area is 212 Å². The number of aliphatic hydroxyl groups is 1. The molecule has 182 valence electrons. The number of nitrogens with zero attached hydrogens (tertiary/aromatic N) is 3. The Morgan fingerprint density at radius 2 is 1.74 bits per heavy atom. The number of benzene rings is 2. The van der Waals surface area contributed by atoms with Crippen LogP contribution in [-0.4, -0.2) is 46.2 Å². The number of hydrogen-bond acceptors (Lipinski definition) is 5. The van der Waals surface area contributed by atoms with Crippen molar-refractivity contribution in [1.29, 1.82) is 0 Å². The van der Waals surface area contributed by atoms with Gasteiger partial charge in [0.05, 0.1) is 20.6 Å². The van der Waals surface area contributed by atoms with Crippen molar-refractivity contribution < 1.29 is 14.0 Å². The summed E-state index contributed by atoms with van der Waals surface area (Å²) in [4.78, 5) is 1.24. The third-order valence-corrected chi connectivity index (χ3v) is 8.11. The molecular formula is C27H35ClN3O2S+. The highest BCUT2D eigenvalue weighted by Crippen LogP contribution is 2.43. The highest BCUT2D eigenvalue weighted by molar-refractivity contribution is 7.99. The van der Waals surface area contributed by atoms with Crippen LogP contribution in [0.3, 0.4) is 0 Å². The summed E-state index contributed by atoms with van der Waals surface area (Å²) >= 11 is 7.82. The van der Waals surface area contributed by atoms with E-state index in [1.54, 1.807) is 0 Å². The van der Waals surface area contributed by atoms with Gasteiger partial charge in [-0.15, -0.1) is 22.0 Å². The van der Waals surface area contributed by atoms with Crippen LogP contribution in [0.4, 0.5) is 0 Å². The molecule has 0 amide bonds. The molecule has 1 atom stereocenters.